The van der Waals surface area contributed by atoms with Gasteiger partial charge in [-0.2, -0.15) is 5.26 Å². The standard InChI is InChI=1S/C24H19FN4O2/c1-24(31,17-5-3-2-4-6-17)14-22(30)28-23-27-20-12-7-16(15-26)13-21(20)29(23)19-10-8-18(25)9-11-19/h2-13,31H,14H2,1H3,(H,27,28,30)/t24-/m1/s1. The van der Waals surface area contributed by atoms with E-state index in [9.17, 15) is 19.6 Å². The molecule has 0 saturated carbocycles. The Kier molecular flexibility index (Phi) is 5.24. The Morgan fingerprint density at radius 3 is 2.55 bits per heavy atom. The van der Waals surface area contributed by atoms with Crippen molar-refractivity contribution >= 4 is 22.9 Å². The molecular weight excluding hydrogens is 395 g/mol. The first-order valence-corrected chi connectivity index (χ1v) is 9.64. The molecule has 4 aromatic rings. The summed E-state index contributed by atoms with van der Waals surface area (Å²) < 4.78 is 15.1. The number of aliphatic hydroxyl groups is 1. The second kappa shape index (κ2) is 8.01. The van der Waals surface area contributed by atoms with E-state index < -0.39 is 17.3 Å². The smallest absolute Gasteiger partial charge is 0.229 e. The number of anilines is 1. The van der Waals surface area contributed by atoms with Crippen molar-refractivity contribution in [3.63, 3.8) is 0 Å². The molecule has 0 aliphatic heterocycles. The van der Waals surface area contributed by atoms with Gasteiger partial charge in [0.1, 0.15) is 5.82 Å². The van der Waals surface area contributed by atoms with Gasteiger partial charge in [0.05, 0.1) is 34.7 Å². The van der Waals surface area contributed by atoms with Gasteiger partial charge in [-0.25, -0.2) is 9.37 Å². The van der Waals surface area contributed by atoms with Crippen molar-refractivity contribution in [2.45, 2.75) is 18.9 Å². The van der Waals surface area contributed by atoms with Gasteiger partial charge in [0.15, 0.2) is 0 Å². The zero-order valence-corrected chi connectivity index (χ0v) is 16.7. The summed E-state index contributed by atoms with van der Waals surface area (Å²) in [5, 5.41) is 22.8. The van der Waals surface area contributed by atoms with Crippen LogP contribution in [0.15, 0.2) is 72.8 Å². The number of rotatable bonds is 5. The van der Waals surface area contributed by atoms with E-state index in [0.717, 1.165) is 0 Å². The largest absolute Gasteiger partial charge is 0.385 e. The minimum absolute atomic E-state index is 0.187. The highest BCUT2D eigenvalue weighted by molar-refractivity contribution is 5.93. The first-order chi connectivity index (χ1) is 14.9. The van der Waals surface area contributed by atoms with E-state index in [1.165, 1.54) is 12.1 Å². The van der Waals surface area contributed by atoms with E-state index in [-0.39, 0.29) is 12.4 Å². The van der Waals surface area contributed by atoms with Crippen LogP contribution in [0.1, 0.15) is 24.5 Å². The zero-order chi connectivity index (χ0) is 22.0. The molecule has 0 fully saturated rings. The number of benzene rings is 3. The topological polar surface area (TPSA) is 90.9 Å². The molecule has 31 heavy (non-hydrogen) atoms. The fraction of sp³-hybridized carbons (Fsp3) is 0.125. The summed E-state index contributed by atoms with van der Waals surface area (Å²) in [6, 6.07) is 21.7. The van der Waals surface area contributed by atoms with Crippen LogP contribution in [0.2, 0.25) is 0 Å². The molecule has 7 heteroatoms. The van der Waals surface area contributed by atoms with Gasteiger partial charge in [0, 0.05) is 5.69 Å². The first-order valence-electron chi connectivity index (χ1n) is 9.64. The Morgan fingerprint density at radius 1 is 1.16 bits per heavy atom. The lowest BCUT2D eigenvalue weighted by molar-refractivity contribution is -0.120. The molecule has 1 aromatic heterocycles. The van der Waals surface area contributed by atoms with Gasteiger partial charge in [-0.3, -0.25) is 14.7 Å². The van der Waals surface area contributed by atoms with Crippen LogP contribution in [-0.2, 0) is 10.4 Å². The van der Waals surface area contributed by atoms with E-state index in [2.05, 4.69) is 16.4 Å². The third-order valence-electron chi connectivity index (χ3n) is 5.02. The average molecular weight is 414 g/mol. The van der Waals surface area contributed by atoms with E-state index in [0.29, 0.717) is 27.8 Å². The maximum absolute atomic E-state index is 13.5. The molecule has 3 aromatic carbocycles. The van der Waals surface area contributed by atoms with Crippen molar-refractivity contribution in [1.82, 2.24) is 9.55 Å². The normalized spacial score (nSPS) is 12.8. The Labute approximate surface area is 178 Å². The molecule has 1 atom stereocenters. The predicted molar refractivity (Wildman–Crippen MR) is 115 cm³/mol. The highest BCUT2D eigenvalue weighted by Crippen LogP contribution is 2.28. The van der Waals surface area contributed by atoms with Crippen molar-refractivity contribution in [2.75, 3.05) is 5.32 Å². The fourth-order valence-corrected chi connectivity index (χ4v) is 3.46. The number of aromatic nitrogens is 2. The number of nitrogens with one attached hydrogen (secondary N) is 1. The molecule has 2 N–H and O–H groups in total. The average Bonchev–Trinajstić information content (AvgIpc) is 3.11. The third kappa shape index (κ3) is 4.15. The number of fused-ring (bicyclic) bond motifs is 1. The number of imidazole rings is 1. The third-order valence-corrected chi connectivity index (χ3v) is 5.02. The Morgan fingerprint density at radius 2 is 1.87 bits per heavy atom. The summed E-state index contributed by atoms with van der Waals surface area (Å²) in [6.45, 7) is 1.57. The molecule has 0 bridgehead atoms. The number of hydrogen-bond donors (Lipinski definition) is 2. The van der Waals surface area contributed by atoms with Gasteiger partial charge < -0.3 is 5.11 Å². The molecule has 0 aliphatic carbocycles. The second-order valence-electron chi connectivity index (χ2n) is 7.43. The maximum atomic E-state index is 13.5. The van der Waals surface area contributed by atoms with E-state index in [1.54, 1.807) is 66.1 Å². The minimum Gasteiger partial charge on any atom is -0.385 e. The molecule has 0 radical (unpaired) electrons. The van der Waals surface area contributed by atoms with Gasteiger partial charge in [-0.1, -0.05) is 30.3 Å². The van der Waals surface area contributed by atoms with Gasteiger partial charge in [-0.05, 0) is 55.0 Å². The highest BCUT2D eigenvalue weighted by atomic mass is 19.1. The summed E-state index contributed by atoms with van der Waals surface area (Å²) in [7, 11) is 0. The maximum Gasteiger partial charge on any atom is 0.229 e. The number of carbonyl (C=O) groups excluding carboxylic acids is 1. The van der Waals surface area contributed by atoms with Crippen molar-refractivity contribution in [3.05, 3.63) is 89.7 Å². The quantitative estimate of drug-likeness (QED) is 0.510. The van der Waals surface area contributed by atoms with Gasteiger partial charge in [-0.15, -0.1) is 0 Å². The number of amides is 1. The summed E-state index contributed by atoms with van der Waals surface area (Å²) in [4.78, 5) is 17.3. The number of carbonyl (C=O) groups is 1. The van der Waals surface area contributed by atoms with Crippen molar-refractivity contribution < 1.29 is 14.3 Å². The molecule has 0 aliphatic rings. The van der Waals surface area contributed by atoms with Crippen LogP contribution in [0.3, 0.4) is 0 Å². The predicted octanol–water partition coefficient (Wildman–Crippen LogP) is 4.27. The minimum atomic E-state index is -1.37. The van der Waals surface area contributed by atoms with Crippen LogP contribution in [0.4, 0.5) is 10.3 Å². The van der Waals surface area contributed by atoms with Gasteiger partial charge >= 0.3 is 0 Å². The molecule has 4 rings (SSSR count). The highest BCUT2D eigenvalue weighted by Gasteiger charge is 2.27. The molecule has 1 amide bonds. The molecular formula is C24H19FN4O2. The lowest BCUT2D eigenvalue weighted by atomic mass is 9.92. The number of nitrogens with zero attached hydrogens (tertiary/aromatic N) is 3. The van der Waals surface area contributed by atoms with Crippen LogP contribution in [0.25, 0.3) is 16.7 Å². The van der Waals surface area contributed by atoms with Crippen molar-refractivity contribution in [2.24, 2.45) is 0 Å². The van der Waals surface area contributed by atoms with Crippen molar-refractivity contribution in [1.29, 1.82) is 5.26 Å². The lowest BCUT2D eigenvalue weighted by Gasteiger charge is -2.23. The number of nitriles is 1. The van der Waals surface area contributed by atoms with E-state index in [1.807, 2.05) is 6.07 Å². The van der Waals surface area contributed by atoms with Crippen LogP contribution in [0.5, 0.6) is 0 Å². The molecule has 0 spiro atoms. The van der Waals surface area contributed by atoms with Crippen LogP contribution < -0.4 is 5.32 Å². The molecule has 0 saturated heterocycles. The zero-order valence-electron chi connectivity index (χ0n) is 16.7. The van der Waals surface area contributed by atoms with E-state index >= 15 is 0 Å². The Balaban J connectivity index is 1.71. The molecule has 0 unspecified atom stereocenters. The van der Waals surface area contributed by atoms with E-state index in [4.69, 9.17) is 0 Å². The Hall–Kier alpha value is -4.02. The number of halogens is 1. The molecule has 6 nitrogen and oxygen atoms in total. The van der Waals surface area contributed by atoms with Gasteiger partial charge in [0.25, 0.3) is 0 Å². The Bertz CT molecular complexity index is 1290. The lowest BCUT2D eigenvalue weighted by Crippen LogP contribution is -2.29. The molecule has 154 valence electrons. The summed E-state index contributed by atoms with van der Waals surface area (Å²) in [6.07, 6.45) is -0.187. The van der Waals surface area contributed by atoms with Crippen LogP contribution in [0, 0.1) is 17.1 Å². The van der Waals surface area contributed by atoms with Crippen molar-refractivity contribution in [3.8, 4) is 11.8 Å². The first kappa shape index (κ1) is 20.3. The second-order valence-corrected chi connectivity index (χ2v) is 7.43. The summed E-state index contributed by atoms with van der Waals surface area (Å²) in [5.74, 6) is -0.617. The fourth-order valence-electron chi connectivity index (χ4n) is 3.46. The number of hydrogen-bond acceptors (Lipinski definition) is 4. The van der Waals surface area contributed by atoms with Crippen LogP contribution in [-0.4, -0.2) is 20.6 Å². The van der Waals surface area contributed by atoms with Crippen LogP contribution >= 0.6 is 0 Å². The summed E-state index contributed by atoms with van der Waals surface area (Å²) >= 11 is 0. The summed E-state index contributed by atoms with van der Waals surface area (Å²) in [5.41, 5.74) is 1.41. The van der Waals surface area contributed by atoms with Gasteiger partial charge in [0.2, 0.25) is 11.9 Å². The monoisotopic (exact) mass is 414 g/mol. The SMILES string of the molecule is C[C@@](O)(CC(=O)Nc1nc2ccc(C#N)cc2n1-c1ccc(F)cc1)c1ccccc1. The molecule has 1 heterocycles.